The van der Waals surface area contributed by atoms with Gasteiger partial charge < -0.3 is 10.2 Å². The van der Waals surface area contributed by atoms with E-state index in [1.807, 2.05) is 18.7 Å². The number of piperazine rings is 1. The fraction of sp³-hybridized carbons (Fsp3) is 0.750. The highest BCUT2D eigenvalue weighted by Gasteiger charge is 2.51. The molecular weight excluding hydrogens is 330 g/mol. The third-order valence-electron chi connectivity index (χ3n) is 6.20. The van der Waals surface area contributed by atoms with Crippen molar-refractivity contribution in [2.45, 2.75) is 27.2 Å². The van der Waals surface area contributed by atoms with E-state index in [9.17, 15) is 14.4 Å². The van der Waals surface area contributed by atoms with E-state index in [1.54, 1.807) is 6.92 Å². The lowest BCUT2D eigenvalue weighted by Crippen LogP contribution is -2.50. The average molecular weight is 361 g/mol. The van der Waals surface area contributed by atoms with Gasteiger partial charge in [0.15, 0.2) is 0 Å². The molecule has 2 aliphatic carbocycles. The Morgan fingerprint density at radius 2 is 1.65 bits per heavy atom. The van der Waals surface area contributed by atoms with Crippen molar-refractivity contribution in [2.24, 2.45) is 29.6 Å². The second-order valence-corrected chi connectivity index (χ2v) is 8.20. The molecule has 6 nitrogen and oxygen atoms in total. The fourth-order valence-corrected chi connectivity index (χ4v) is 4.69. The first kappa shape index (κ1) is 19.1. The molecule has 0 aromatic heterocycles. The number of hydrogen-bond donors (Lipinski definition) is 1. The minimum absolute atomic E-state index is 0.0272. The predicted molar refractivity (Wildman–Crippen MR) is 99.3 cm³/mol. The second kappa shape index (κ2) is 7.91. The van der Waals surface area contributed by atoms with Crippen LogP contribution in [0, 0.1) is 29.6 Å². The quantitative estimate of drug-likeness (QED) is 0.715. The van der Waals surface area contributed by atoms with Gasteiger partial charge in [-0.1, -0.05) is 26.0 Å². The van der Waals surface area contributed by atoms with Crippen LogP contribution in [0.15, 0.2) is 12.2 Å². The number of carbonyl (C=O) groups excluding carboxylic acids is 3. The number of fused-ring (bicyclic) bond motifs is 2. The molecule has 3 aliphatic rings. The zero-order chi connectivity index (χ0) is 18.8. The van der Waals surface area contributed by atoms with Gasteiger partial charge in [0.2, 0.25) is 11.8 Å². The van der Waals surface area contributed by atoms with Crippen LogP contribution in [0.25, 0.3) is 0 Å². The number of carbonyl (C=O) groups is 3. The lowest BCUT2D eigenvalue weighted by molar-refractivity contribution is -0.135. The summed E-state index contributed by atoms with van der Waals surface area (Å²) in [5, 5.41) is 3.07. The lowest BCUT2D eigenvalue weighted by Gasteiger charge is -2.34. The number of nitrogens with zero attached hydrogens (tertiary/aromatic N) is 2. The molecule has 0 radical (unpaired) electrons. The molecule has 4 unspecified atom stereocenters. The van der Waals surface area contributed by atoms with Gasteiger partial charge in [-0.05, 0) is 18.3 Å². The van der Waals surface area contributed by atoms with Crippen molar-refractivity contribution in [1.29, 1.82) is 0 Å². The molecule has 26 heavy (non-hydrogen) atoms. The largest absolute Gasteiger partial charge is 0.355 e. The fourth-order valence-electron chi connectivity index (χ4n) is 4.69. The van der Waals surface area contributed by atoms with Crippen molar-refractivity contribution >= 4 is 17.6 Å². The SMILES string of the molecule is CC(=O)N1CCN(CCNC(=O)C2C3C=CC(C3)C2C(=O)C(C)C)CC1. The summed E-state index contributed by atoms with van der Waals surface area (Å²) in [4.78, 5) is 40.9. The van der Waals surface area contributed by atoms with Gasteiger partial charge in [0, 0.05) is 58.0 Å². The maximum absolute atomic E-state index is 12.8. The summed E-state index contributed by atoms with van der Waals surface area (Å²) < 4.78 is 0. The molecule has 0 aromatic rings. The highest BCUT2D eigenvalue weighted by molar-refractivity contribution is 5.91. The Bertz CT molecular complexity index is 593. The molecular formula is C20H31N3O3. The predicted octanol–water partition coefficient (Wildman–Crippen LogP) is 0.930. The molecule has 2 amide bonds. The van der Waals surface area contributed by atoms with Crippen LogP contribution >= 0.6 is 0 Å². The van der Waals surface area contributed by atoms with E-state index in [4.69, 9.17) is 0 Å². The summed E-state index contributed by atoms with van der Waals surface area (Å²) in [6.07, 6.45) is 5.20. The Labute approximate surface area is 156 Å². The zero-order valence-electron chi connectivity index (χ0n) is 16.1. The van der Waals surface area contributed by atoms with Gasteiger partial charge in [0.25, 0.3) is 0 Å². The number of amides is 2. The maximum Gasteiger partial charge on any atom is 0.224 e. The highest BCUT2D eigenvalue weighted by atomic mass is 16.2. The number of Topliss-reactive ketones (excluding diaryl/α,β-unsaturated/α-hetero) is 1. The Kier molecular flexibility index (Phi) is 5.80. The molecule has 4 atom stereocenters. The van der Waals surface area contributed by atoms with Gasteiger partial charge in [-0.25, -0.2) is 0 Å². The summed E-state index contributed by atoms with van der Waals surface area (Å²) in [7, 11) is 0. The summed E-state index contributed by atoms with van der Waals surface area (Å²) >= 11 is 0. The van der Waals surface area contributed by atoms with Crippen molar-refractivity contribution < 1.29 is 14.4 Å². The minimum Gasteiger partial charge on any atom is -0.355 e. The van der Waals surface area contributed by atoms with Gasteiger partial charge in [-0.15, -0.1) is 0 Å². The third-order valence-corrected chi connectivity index (χ3v) is 6.20. The van der Waals surface area contributed by atoms with E-state index in [0.717, 1.165) is 39.1 Å². The van der Waals surface area contributed by atoms with Gasteiger partial charge in [-0.2, -0.15) is 0 Å². The van der Waals surface area contributed by atoms with Crippen molar-refractivity contribution in [3.63, 3.8) is 0 Å². The maximum atomic E-state index is 12.8. The van der Waals surface area contributed by atoms with Crippen LogP contribution in [0.5, 0.6) is 0 Å². The lowest BCUT2D eigenvalue weighted by atomic mass is 9.77. The van der Waals surface area contributed by atoms with E-state index in [1.165, 1.54) is 0 Å². The van der Waals surface area contributed by atoms with Gasteiger partial charge in [0.1, 0.15) is 5.78 Å². The van der Waals surface area contributed by atoms with Crippen LogP contribution in [-0.2, 0) is 14.4 Å². The van der Waals surface area contributed by atoms with E-state index in [-0.39, 0.29) is 47.2 Å². The molecule has 1 saturated heterocycles. The molecule has 1 saturated carbocycles. The second-order valence-electron chi connectivity index (χ2n) is 8.20. The Morgan fingerprint density at radius 1 is 1.04 bits per heavy atom. The molecule has 2 fully saturated rings. The zero-order valence-corrected chi connectivity index (χ0v) is 16.1. The molecule has 2 bridgehead atoms. The number of nitrogens with one attached hydrogen (secondary N) is 1. The van der Waals surface area contributed by atoms with Crippen LogP contribution in [0.3, 0.4) is 0 Å². The summed E-state index contributed by atoms with van der Waals surface area (Å²) in [6.45, 7) is 10.0. The van der Waals surface area contributed by atoms with E-state index < -0.39 is 0 Å². The van der Waals surface area contributed by atoms with E-state index >= 15 is 0 Å². The summed E-state index contributed by atoms with van der Waals surface area (Å²) in [5.41, 5.74) is 0. The van der Waals surface area contributed by atoms with E-state index in [2.05, 4.69) is 22.4 Å². The molecule has 1 heterocycles. The molecule has 0 spiro atoms. The Hall–Kier alpha value is -1.69. The number of ketones is 1. The first-order valence-electron chi connectivity index (χ1n) is 9.86. The van der Waals surface area contributed by atoms with Gasteiger partial charge >= 0.3 is 0 Å². The van der Waals surface area contributed by atoms with Crippen molar-refractivity contribution in [3.8, 4) is 0 Å². The van der Waals surface area contributed by atoms with Crippen molar-refractivity contribution in [2.75, 3.05) is 39.3 Å². The Morgan fingerprint density at radius 3 is 2.23 bits per heavy atom. The van der Waals surface area contributed by atoms with Crippen molar-refractivity contribution in [3.05, 3.63) is 12.2 Å². The molecule has 6 heteroatoms. The summed E-state index contributed by atoms with van der Waals surface area (Å²) in [6, 6.07) is 0. The first-order chi connectivity index (χ1) is 12.4. The van der Waals surface area contributed by atoms with Crippen LogP contribution in [0.2, 0.25) is 0 Å². The molecule has 1 N–H and O–H groups in total. The normalized spacial score (nSPS) is 30.8. The molecule has 144 valence electrons. The molecule has 0 aromatic carbocycles. The van der Waals surface area contributed by atoms with Crippen molar-refractivity contribution in [1.82, 2.24) is 15.1 Å². The standard InChI is InChI=1S/C20H31N3O3/c1-13(2)19(25)17-15-4-5-16(12-15)18(17)20(26)21-6-7-22-8-10-23(11-9-22)14(3)24/h4-5,13,15-18H,6-12H2,1-3H3,(H,21,26). The molecule has 3 rings (SSSR count). The van der Waals surface area contributed by atoms with E-state index in [0.29, 0.717) is 6.54 Å². The van der Waals surface area contributed by atoms with Crippen LogP contribution in [-0.4, -0.2) is 66.7 Å². The average Bonchev–Trinajstić information content (AvgIpc) is 3.22. The smallest absolute Gasteiger partial charge is 0.224 e. The topological polar surface area (TPSA) is 69.7 Å². The van der Waals surface area contributed by atoms with Gasteiger partial charge in [0.05, 0.1) is 5.92 Å². The minimum atomic E-state index is -0.200. The number of hydrogen-bond acceptors (Lipinski definition) is 4. The third kappa shape index (κ3) is 3.85. The number of rotatable bonds is 6. The van der Waals surface area contributed by atoms with Crippen LogP contribution < -0.4 is 5.32 Å². The monoisotopic (exact) mass is 361 g/mol. The first-order valence-corrected chi connectivity index (χ1v) is 9.86. The van der Waals surface area contributed by atoms with Crippen LogP contribution in [0.1, 0.15) is 27.2 Å². The van der Waals surface area contributed by atoms with Crippen LogP contribution in [0.4, 0.5) is 0 Å². The summed E-state index contributed by atoms with van der Waals surface area (Å²) in [5.74, 6) is 0.463. The Balaban J connectivity index is 1.48. The van der Waals surface area contributed by atoms with Gasteiger partial charge in [-0.3, -0.25) is 19.3 Å². The number of allylic oxidation sites excluding steroid dienone is 2. The molecule has 1 aliphatic heterocycles. The highest BCUT2D eigenvalue weighted by Crippen LogP contribution is 2.49.